The Bertz CT molecular complexity index is 705. The van der Waals surface area contributed by atoms with Crippen molar-refractivity contribution in [2.24, 2.45) is 0 Å². The number of carbonyl (C=O) groups excluding carboxylic acids is 1. The van der Waals surface area contributed by atoms with Crippen LogP contribution in [0.25, 0.3) is 0 Å². The second kappa shape index (κ2) is 7.96. The van der Waals surface area contributed by atoms with E-state index in [-0.39, 0.29) is 12.5 Å². The molecule has 2 rings (SSSR count). The van der Waals surface area contributed by atoms with Gasteiger partial charge in [0.1, 0.15) is 18.1 Å². The van der Waals surface area contributed by atoms with Crippen LogP contribution in [0.3, 0.4) is 0 Å². The average molecular weight is 314 g/mol. The zero-order valence-corrected chi connectivity index (χ0v) is 13.1. The lowest BCUT2D eigenvalue weighted by Crippen LogP contribution is -2.33. The Balaban J connectivity index is 1.71. The van der Waals surface area contributed by atoms with Gasteiger partial charge in [0, 0.05) is 12.6 Å². The number of hydrogen-bond acceptors (Lipinski definition) is 6. The Morgan fingerprint density at radius 2 is 2.30 bits per heavy atom. The van der Waals surface area contributed by atoms with E-state index in [1.54, 1.807) is 37.3 Å². The van der Waals surface area contributed by atoms with Gasteiger partial charge in [-0.15, -0.1) is 0 Å². The van der Waals surface area contributed by atoms with Crippen LogP contribution in [-0.4, -0.2) is 42.7 Å². The molecule has 0 spiro atoms. The smallest absolute Gasteiger partial charge is 0.239 e. The van der Waals surface area contributed by atoms with Gasteiger partial charge in [-0.3, -0.25) is 9.69 Å². The van der Waals surface area contributed by atoms with Gasteiger partial charge < -0.3 is 14.6 Å². The Labute approximate surface area is 134 Å². The lowest BCUT2D eigenvalue weighted by atomic mass is 10.2. The fourth-order valence-electron chi connectivity index (χ4n) is 1.91. The molecule has 23 heavy (non-hydrogen) atoms. The predicted molar refractivity (Wildman–Crippen MR) is 84.0 cm³/mol. The summed E-state index contributed by atoms with van der Waals surface area (Å²) < 4.78 is 10.5. The van der Waals surface area contributed by atoms with Crippen LogP contribution < -0.4 is 10.1 Å². The molecule has 2 aromatic rings. The Morgan fingerprint density at radius 3 is 3.00 bits per heavy atom. The molecule has 7 heteroatoms. The zero-order chi connectivity index (χ0) is 16.7. The number of likely N-dealkylation sites (N-methyl/N-ethyl adjacent to an activating group) is 1. The second-order valence-corrected chi connectivity index (χ2v) is 5.10. The largest absolute Gasteiger partial charge is 0.492 e. The number of aryl methyl sites for hydroxylation is 1. The molecule has 1 amide bonds. The van der Waals surface area contributed by atoms with Gasteiger partial charge in [0.05, 0.1) is 18.2 Å². The van der Waals surface area contributed by atoms with Crippen LogP contribution in [0.5, 0.6) is 5.75 Å². The number of carbonyl (C=O) groups is 1. The van der Waals surface area contributed by atoms with E-state index in [2.05, 4.69) is 16.5 Å². The van der Waals surface area contributed by atoms with Gasteiger partial charge >= 0.3 is 0 Å². The normalized spacial score (nSPS) is 10.3. The molecule has 1 aromatic heterocycles. The number of nitrogens with one attached hydrogen (secondary N) is 1. The van der Waals surface area contributed by atoms with Gasteiger partial charge in [-0.2, -0.15) is 5.26 Å². The van der Waals surface area contributed by atoms with Gasteiger partial charge in [0.25, 0.3) is 0 Å². The van der Waals surface area contributed by atoms with Crippen LogP contribution in [0, 0.1) is 18.3 Å². The summed E-state index contributed by atoms with van der Waals surface area (Å²) >= 11 is 0. The highest BCUT2D eigenvalue weighted by Crippen LogP contribution is 2.12. The summed E-state index contributed by atoms with van der Waals surface area (Å²) in [4.78, 5) is 13.7. The minimum Gasteiger partial charge on any atom is -0.492 e. The average Bonchev–Trinajstić information content (AvgIpc) is 2.92. The number of nitriles is 1. The van der Waals surface area contributed by atoms with Gasteiger partial charge in [-0.05, 0) is 32.2 Å². The van der Waals surface area contributed by atoms with E-state index in [9.17, 15) is 4.79 Å². The number of amides is 1. The molecular weight excluding hydrogens is 296 g/mol. The lowest BCUT2D eigenvalue weighted by Gasteiger charge is -2.16. The summed E-state index contributed by atoms with van der Waals surface area (Å²) in [5.41, 5.74) is 0.554. The first-order valence-corrected chi connectivity index (χ1v) is 7.11. The fourth-order valence-corrected chi connectivity index (χ4v) is 1.91. The highest BCUT2D eigenvalue weighted by molar-refractivity contribution is 5.91. The van der Waals surface area contributed by atoms with Crippen molar-refractivity contribution in [3.63, 3.8) is 0 Å². The van der Waals surface area contributed by atoms with Crippen molar-refractivity contribution in [2.75, 3.05) is 32.1 Å². The first kappa shape index (κ1) is 16.5. The highest BCUT2D eigenvalue weighted by Gasteiger charge is 2.09. The molecule has 0 fully saturated rings. The van der Waals surface area contributed by atoms with Crippen molar-refractivity contribution >= 4 is 11.7 Å². The summed E-state index contributed by atoms with van der Waals surface area (Å²) in [5, 5.41) is 15.2. The van der Waals surface area contributed by atoms with Gasteiger partial charge in [0.2, 0.25) is 5.91 Å². The van der Waals surface area contributed by atoms with Crippen LogP contribution in [0.2, 0.25) is 0 Å². The Hall–Kier alpha value is -2.85. The molecule has 0 saturated heterocycles. The first-order chi connectivity index (χ1) is 11.1. The van der Waals surface area contributed by atoms with E-state index in [0.29, 0.717) is 36.0 Å². The molecular formula is C16H18N4O3. The molecule has 0 aliphatic rings. The van der Waals surface area contributed by atoms with Crippen LogP contribution in [0.1, 0.15) is 11.3 Å². The molecule has 1 heterocycles. The summed E-state index contributed by atoms with van der Waals surface area (Å²) in [7, 11) is 1.82. The highest BCUT2D eigenvalue weighted by atomic mass is 16.5. The van der Waals surface area contributed by atoms with Gasteiger partial charge in [-0.1, -0.05) is 11.2 Å². The number of rotatable bonds is 7. The van der Waals surface area contributed by atoms with Crippen molar-refractivity contribution in [1.29, 1.82) is 5.26 Å². The SMILES string of the molecule is Cc1cc(NC(=O)CN(C)CCOc2cccc(C#N)c2)no1. The monoisotopic (exact) mass is 314 g/mol. The summed E-state index contributed by atoms with van der Waals surface area (Å²) in [6.45, 7) is 2.96. The molecule has 0 saturated carbocycles. The number of nitrogens with zero attached hydrogens (tertiary/aromatic N) is 3. The second-order valence-electron chi connectivity index (χ2n) is 5.10. The molecule has 0 bridgehead atoms. The summed E-state index contributed by atoms with van der Waals surface area (Å²) in [6.07, 6.45) is 0. The fraction of sp³-hybridized carbons (Fsp3) is 0.312. The van der Waals surface area contributed by atoms with E-state index in [1.165, 1.54) is 0 Å². The van der Waals surface area contributed by atoms with E-state index in [1.807, 2.05) is 11.9 Å². The Kier molecular flexibility index (Phi) is 5.72. The molecule has 0 atom stereocenters. The molecule has 120 valence electrons. The maximum atomic E-state index is 11.8. The molecule has 1 aromatic carbocycles. The van der Waals surface area contributed by atoms with Crippen LogP contribution in [0.4, 0.5) is 5.82 Å². The zero-order valence-electron chi connectivity index (χ0n) is 13.1. The topological polar surface area (TPSA) is 91.4 Å². The van der Waals surface area contributed by atoms with Crippen molar-refractivity contribution in [1.82, 2.24) is 10.1 Å². The number of ether oxygens (including phenoxy) is 1. The van der Waals surface area contributed by atoms with E-state index in [4.69, 9.17) is 14.5 Å². The molecule has 0 unspecified atom stereocenters. The minimum absolute atomic E-state index is 0.174. The third kappa shape index (κ3) is 5.45. The van der Waals surface area contributed by atoms with E-state index in [0.717, 1.165) is 0 Å². The molecule has 1 N–H and O–H groups in total. The standard InChI is InChI=1S/C16H18N4O3/c1-12-8-15(19-23-12)18-16(21)11-20(2)6-7-22-14-5-3-4-13(9-14)10-17/h3-5,8-9H,6-7,11H2,1-2H3,(H,18,19,21). The third-order valence-electron chi connectivity index (χ3n) is 3.01. The van der Waals surface area contributed by atoms with Gasteiger partial charge in [-0.25, -0.2) is 0 Å². The predicted octanol–water partition coefficient (Wildman–Crippen LogP) is 1.80. The minimum atomic E-state index is -0.174. The van der Waals surface area contributed by atoms with E-state index < -0.39 is 0 Å². The number of benzene rings is 1. The van der Waals surface area contributed by atoms with Crippen molar-refractivity contribution in [3.05, 3.63) is 41.7 Å². The number of anilines is 1. The van der Waals surface area contributed by atoms with Crippen LogP contribution >= 0.6 is 0 Å². The Morgan fingerprint density at radius 1 is 1.48 bits per heavy atom. The first-order valence-electron chi connectivity index (χ1n) is 7.11. The van der Waals surface area contributed by atoms with E-state index >= 15 is 0 Å². The van der Waals surface area contributed by atoms with Crippen molar-refractivity contribution in [3.8, 4) is 11.8 Å². The van der Waals surface area contributed by atoms with Crippen molar-refractivity contribution < 1.29 is 14.1 Å². The number of aromatic nitrogens is 1. The maximum absolute atomic E-state index is 11.8. The van der Waals surface area contributed by atoms with Crippen LogP contribution in [-0.2, 0) is 4.79 Å². The van der Waals surface area contributed by atoms with Crippen LogP contribution in [0.15, 0.2) is 34.9 Å². The molecule has 0 aliphatic heterocycles. The molecule has 0 radical (unpaired) electrons. The summed E-state index contributed by atoms with van der Waals surface area (Å²) in [6, 6.07) is 10.7. The number of hydrogen-bond donors (Lipinski definition) is 1. The quantitative estimate of drug-likeness (QED) is 0.838. The summed E-state index contributed by atoms with van der Waals surface area (Å²) in [5.74, 6) is 1.51. The van der Waals surface area contributed by atoms with Crippen molar-refractivity contribution in [2.45, 2.75) is 6.92 Å². The van der Waals surface area contributed by atoms with Gasteiger partial charge in [0.15, 0.2) is 5.82 Å². The molecule has 7 nitrogen and oxygen atoms in total. The third-order valence-corrected chi connectivity index (χ3v) is 3.01. The molecule has 0 aliphatic carbocycles. The lowest BCUT2D eigenvalue weighted by molar-refractivity contribution is -0.117. The maximum Gasteiger partial charge on any atom is 0.239 e.